The van der Waals surface area contributed by atoms with E-state index in [9.17, 15) is 30.4 Å². The molecular weight excluding hydrogens is 439 g/mol. The number of pyridine rings is 2. The number of hydrogen-bond donors (Lipinski definition) is 1. The molecule has 0 radical (unpaired) electrons. The van der Waals surface area contributed by atoms with Gasteiger partial charge in [0.15, 0.2) is 12.4 Å². The Bertz CT molecular complexity index is 1270. The molecule has 0 saturated heterocycles. The van der Waals surface area contributed by atoms with E-state index in [1.165, 1.54) is 0 Å². The minimum Gasteiger partial charge on any atom is -0.479 e. The second-order valence-corrected chi connectivity index (χ2v) is 7.29. The Labute approximate surface area is 170 Å². The van der Waals surface area contributed by atoms with Crippen LogP contribution < -0.4 is 14.2 Å². The van der Waals surface area contributed by atoms with Gasteiger partial charge < -0.3 is 9.47 Å². The van der Waals surface area contributed by atoms with Gasteiger partial charge in [-0.05, 0) is 12.1 Å². The Kier molecular flexibility index (Phi) is 4.89. The van der Waals surface area contributed by atoms with E-state index in [4.69, 9.17) is 4.11 Å². The number of halogens is 5. The van der Waals surface area contributed by atoms with Crippen LogP contribution in [-0.2, 0) is 10.0 Å². The molecule has 0 saturated carbocycles. The molecule has 3 aromatic rings. The third-order valence-corrected chi connectivity index (χ3v) is 5.02. The molecule has 14 heteroatoms. The molecule has 3 rings (SSSR count). The fourth-order valence-electron chi connectivity index (χ4n) is 2.36. The maximum Gasteiger partial charge on any atom is 0.272 e. The first-order valence-corrected chi connectivity index (χ1v) is 9.34. The Morgan fingerprint density at radius 1 is 1.27 bits per heavy atom. The molecule has 30 heavy (non-hydrogen) atoms. The number of aromatic nitrogens is 3. The average molecular weight is 455 g/mol. The zero-order valence-electron chi connectivity index (χ0n) is 17.5. The molecule has 1 N–H and O–H groups in total. The largest absolute Gasteiger partial charge is 0.479 e. The minimum absolute atomic E-state index is 0.129. The minimum atomic E-state index is -4.62. The number of rotatable bonds is 8. The number of anilines is 1. The highest BCUT2D eigenvalue weighted by atomic mass is 32.2. The van der Waals surface area contributed by atoms with Crippen molar-refractivity contribution in [3.05, 3.63) is 42.0 Å². The van der Waals surface area contributed by atoms with Gasteiger partial charge in [-0.3, -0.25) is 4.72 Å². The Balaban J connectivity index is 2.01. The molecule has 8 nitrogen and oxygen atoms in total. The summed E-state index contributed by atoms with van der Waals surface area (Å²) < 4.78 is 124. The molecule has 0 aliphatic heterocycles. The lowest BCUT2D eigenvalue weighted by Gasteiger charge is -2.13. The van der Waals surface area contributed by atoms with Gasteiger partial charge in [0.25, 0.3) is 28.8 Å². The molecule has 0 spiro atoms. The number of sulfonamides is 1. The number of hydrogen-bond acceptors (Lipinski definition) is 6. The summed E-state index contributed by atoms with van der Waals surface area (Å²) >= 11 is 0. The summed E-state index contributed by atoms with van der Waals surface area (Å²) in [7, 11) is -7.79. The second-order valence-electron chi connectivity index (χ2n) is 5.64. The highest BCUT2D eigenvalue weighted by Gasteiger charge is 2.24. The van der Waals surface area contributed by atoms with Crippen molar-refractivity contribution >= 4 is 21.2 Å². The molecule has 0 unspecified atom stereocenters. The number of nitrogens with zero attached hydrogens (tertiary/aromatic N) is 3. The summed E-state index contributed by atoms with van der Waals surface area (Å²) in [6.07, 6.45) is -4.12. The molecule has 0 aliphatic rings. The van der Waals surface area contributed by atoms with Crippen molar-refractivity contribution in [2.75, 3.05) is 18.4 Å². The van der Waals surface area contributed by atoms with E-state index in [2.05, 4.69) is 19.6 Å². The van der Waals surface area contributed by atoms with E-state index in [0.717, 1.165) is 29.0 Å². The van der Waals surface area contributed by atoms with Crippen molar-refractivity contribution in [3.8, 4) is 11.8 Å². The second kappa shape index (κ2) is 8.30. The zero-order chi connectivity index (χ0) is 24.6. The van der Waals surface area contributed by atoms with E-state index in [1.54, 1.807) is 0 Å². The van der Waals surface area contributed by atoms with Crippen LogP contribution in [0.1, 0.15) is 16.1 Å². The number of alkyl halides is 4. The maximum atomic E-state index is 14.3. The molecule has 0 fully saturated rings. The lowest BCUT2D eigenvalue weighted by molar-refractivity contribution is 0.0770. The van der Waals surface area contributed by atoms with Crippen LogP contribution in [0.3, 0.4) is 0 Å². The van der Waals surface area contributed by atoms with Crippen LogP contribution in [0.4, 0.5) is 27.6 Å². The summed E-state index contributed by atoms with van der Waals surface area (Å²) in [6.45, 7) is -1.27. The van der Waals surface area contributed by atoms with Gasteiger partial charge in [-0.25, -0.2) is 34.9 Å². The summed E-state index contributed by atoms with van der Waals surface area (Å²) in [5.74, 6) is -3.43. The monoisotopic (exact) mass is 455 g/mol. The Morgan fingerprint density at radius 2 is 2.03 bits per heavy atom. The van der Waals surface area contributed by atoms with E-state index < -0.39 is 70.2 Å². The van der Waals surface area contributed by atoms with E-state index in [0.29, 0.717) is 6.07 Å². The van der Waals surface area contributed by atoms with Crippen molar-refractivity contribution in [1.82, 2.24) is 14.6 Å². The molecule has 3 aromatic heterocycles. The van der Waals surface area contributed by atoms with Gasteiger partial charge in [-0.15, -0.1) is 0 Å². The third kappa shape index (κ3) is 4.37. The van der Waals surface area contributed by atoms with Crippen LogP contribution >= 0.6 is 0 Å². The first-order valence-electron chi connectivity index (χ1n) is 9.35. The molecule has 0 aliphatic carbocycles. The fourth-order valence-corrected chi connectivity index (χ4v) is 3.53. The lowest BCUT2D eigenvalue weighted by atomic mass is 10.3. The number of methoxy groups -OCH3 is 1. The molecule has 0 atom stereocenters. The first kappa shape index (κ1) is 17.7. The Hall–Kier alpha value is -3.16. The van der Waals surface area contributed by atoms with Crippen molar-refractivity contribution in [2.24, 2.45) is 0 Å². The van der Waals surface area contributed by atoms with Crippen molar-refractivity contribution in [2.45, 2.75) is 17.7 Å². The van der Waals surface area contributed by atoms with Gasteiger partial charge in [0.1, 0.15) is 10.6 Å². The molecule has 0 amide bonds. The van der Waals surface area contributed by atoms with Gasteiger partial charge in [0.05, 0.1) is 22.9 Å². The predicted molar refractivity (Wildman–Crippen MR) is 93.2 cm³/mol. The zero-order valence-corrected chi connectivity index (χ0v) is 15.3. The highest BCUT2D eigenvalue weighted by Crippen LogP contribution is 2.31. The fraction of sp³-hybridized carbons (Fsp3) is 0.250. The molecule has 162 valence electrons. The average Bonchev–Trinajstić information content (AvgIpc) is 3.11. The van der Waals surface area contributed by atoms with Crippen LogP contribution in [0.15, 0.2) is 35.5 Å². The standard InChI is InChI=1S/C16H13F5N4O4S/c1-28-16-10(4-9(17)15(23-16)29-7-13(18)19)24-30(26,27)12-5-22-25-6-8(14(20)21)2-3-11(12)25/h2-6,13-14,24H,7H2,1H3/i1D3. The molecular formula is C16H13F5N4O4S. The Morgan fingerprint density at radius 3 is 2.70 bits per heavy atom. The van der Waals surface area contributed by atoms with Gasteiger partial charge in [-0.2, -0.15) is 10.1 Å². The highest BCUT2D eigenvalue weighted by molar-refractivity contribution is 7.93. The smallest absolute Gasteiger partial charge is 0.272 e. The quantitative estimate of drug-likeness (QED) is 0.524. The normalized spacial score (nSPS) is 13.9. The van der Waals surface area contributed by atoms with E-state index in [-0.39, 0.29) is 5.52 Å². The summed E-state index contributed by atoms with van der Waals surface area (Å²) in [5.41, 5.74) is -1.35. The van der Waals surface area contributed by atoms with E-state index in [1.807, 2.05) is 4.72 Å². The topological polar surface area (TPSA) is 94.8 Å². The molecule has 0 bridgehead atoms. The predicted octanol–water partition coefficient (Wildman–Crippen LogP) is 3.26. The van der Waals surface area contributed by atoms with Crippen LogP contribution in [0, 0.1) is 5.82 Å². The van der Waals surface area contributed by atoms with Gasteiger partial charge in [0.2, 0.25) is 5.88 Å². The number of nitrogens with one attached hydrogen (secondary N) is 1. The molecule has 3 heterocycles. The van der Waals surface area contributed by atoms with Crippen molar-refractivity contribution < 1.29 is 44.0 Å². The van der Waals surface area contributed by atoms with Gasteiger partial charge >= 0.3 is 0 Å². The van der Waals surface area contributed by atoms with E-state index >= 15 is 0 Å². The third-order valence-electron chi connectivity index (χ3n) is 3.64. The summed E-state index contributed by atoms with van der Waals surface area (Å²) in [5, 5.41) is 3.69. The molecule has 0 aromatic carbocycles. The van der Waals surface area contributed by atoms with Gasteiger partial charge in [0, 0.05) is 17.8 Å². The van der Waals surface area contributed by atoms with Crippen LogP contribution in [0.2, 0.25) is 0 Å². The number of ether oxygens (including phenoxy) is 2. The van der Waals surface area contributed by atoms with Crippen molar-refractivity contribution in [1.29, 1.82) is 0 Å². The van der Waals surface area contributed by atoms with Crippen LogP contribution in [0.5, 0.6) is 11.8 Å². The van der Waals surface area contributed by atoms with Crippen molar-refractivity contribution in [3.63, 3.8) is 0 Å². The summed E-state index contributed by atoms with van der Waals surface area (Å²) in [4.78, 5) is 2.82. The lowest BCUT2D eigenvalue weighted by Crippen LogP contribution is -2.15. The van der Waals surface area contributed by atoms with Crippen LogP contribution in [0.25, 0.3) is 5.52 Å². The van der Waals surface area contributed by atoms with Crippen LogP contribution in [-0.4, -0.2) is 43.1 Å². The first-order chi connectivity index (χ1) is 15.3. The SMILES string of the molecule is [2H]C([2H])([2H])Oc1nc(OCC(F)F)c(F)cc1NS(=O)(=O)c1cnn2cc(C(F)F)ccc12. The maximum absolute atomic E-state index is 14.3. The van der Waals surface area contributed by atoms with Gasteiger partial charge in [-0.1, -0.05) is 0 Å². The summed E-state index contributed by atoms with van der Waals surface area (Å²) in [6, 6.07) is 2.45. The number of fused-ring (bicyclic) bond motifs is 1.